The van der Waals surface area contributed by atoms with Crippen molar-refractivity contribution in [3.8, 4) is 0 Å². The van der Waals surface area contributed by atoms with Crippen LogP contribution in [0.4, 0.5) is 0 Å². The molecule has 2 fully saturated rings. The van der Waals surface area contributed by atoms with Crippen molar-refractivity contribution in [3.63, 3.8) is 0 Å². The highest BCUT2D eigenvalue weighted by Gasteiger charge is 2.36. The molecule has 3 aliphatic heterocycles. The number of aliphatic hydroxyl groups excluding tert-OH is 4. The Hall–Kier alpha value is -1.03. The molecule has 3 aliphatic rings. The van der Waals surface area contributed by atoms with Crippen molar-refractivity contribution in [2.45, 2.75) is 216 Å². The standard InChI is InChI=1S/C37H66O8/c1-3-4-5-12-16-29(38)17-14-19-31(39)35-24-25-36(45-35)33(41)22-21-32(40)34-23-20-30(44-34)18-13-10-8-6-7-9-11-15-28-26-27(2)43-37(28)42/h26-27,29-36,38-41H,3-25H2,1-2H3/t27-,29-,30-,31-,32-,33-,34+,35+,36+/m1/s1. The van der Waals surface area contributed by atoms with Crippen molar-refractivity contribution in [2.24, 2.45) is 0 Å². The van der Waals surface area contributed by atoms with Gasteiger partial charge < -0.3 is 34.6 Å². The molecule has 0 radical (unpaired) electrons. The van der Waals surface area contributed by atoms with Crippen molar-refractivity contribution in [2.75, 3.05) is 0 Å². The lowest BCUT2D eigenvalue weighted by molar-refractivity contribution is -0.139. The number of ether oxygens (including phenoxy) is 3. The molecule has 8 heteroatoms. The minimum Gasteiger partial charge on any atom is -0.455 e. The molecule has 3 heterocycles. The van der Waals surface area contributed by atoms with Crippen LogP contribution in [0.25, 0.3) is 0 Å². The van der Waals surface area contributed by atoms with Crippen LogP contribution in [0.3, 0.4) is 0 Å². The van der Waals surface area contributed by atoms with Crippen LogP contribution in [0, 0.1) is 0 Å². The molecule has 0 unspecified atom stereocenters. The fraction of sp³-hybridized carbons (Fsp3) is 0.919. The largest absolute Gasteiger partial charge is 0.455 e. The average Bonchev–Trinajstić information content (AvgIpc) is 3.77. The zero-order valence-corrected chi connectivity index (χ0v) is 28.5. The first-order valence-electron chi connectivity index (χ1n) is 18.7. The summed E-state index contributed by atoms with van der Waals surface area (Å²) in [5.41, 5.74) is 0.846. The van der Waals surface area contributed by atoms with E-state index in [0.29, 0.717) is 25.7 Å². The van der Waals surface area contributed by atoms with Crippen LogP contribution in [0.5, 0.6) is 0 Å². The van der Waals surface area contributed by atoms with Gasteiger partial charge in [-0.2, -0.15) is 0 Å². The maximum atomic E-state index is 11.7. The van der Waals surface area contributed by atoms with Gasteiger partial charge >= 0.3 is 5.97 Å². The Morgan fingerprint density at radius 1 is 0.667 bits per heavy atom. The lowest BCUT2D eigenvalue weighted by Gasteiger charge is -2.24. The van der Waals surface area contributed by atoms with Crippen LogP contribution < -0.4 is 0 Å². The number of carbonyl (C=O) groups is 1. The summed E-state index contributed by atoms with van der Waals surface area (Å²) in [5, 5.41) is 42.3. The number of unbranched alkanes of at least 4 members (excludes halogenated alkanes) is 9. The number of hydrogen-bond donors (Lipinski definition) is 4. The number of rotatable bonds is 25. The number of aliphatic hydroxyl groups is 4. The summed E-state index contributed by atoms with van der Waals surface area (Å²) in [6.07, 6.45) is 21.2. The van der Waals surface area contributed by atoms with Crippen molar-refractivity contribution in [3.05, 3.63) is 11.6 Å². The molecule has 9 atom stereocenters. The summed E-state index contributed by atoms with van der Waals surface area (Å²) in [6.45, 7) is 4.09. The third-order valence-corrected chi connectivity index (χ3v) is 10.2. The maximum Gasteiger partial charge on any atom is 0.334 e. The molecule has 4 N–H and O–H groups in total. The van der Waals surface area contributed by atoms with Crippen molar-refractivity contribution in [1.82, 2.24) is 0 Å². The lowest BCUT2D eigenvalue weighted by atomic mass is 9.98. The molecule has 0 spiro atoms. The van der Waals surface area contributed by atoms with E-state index < -0.39 is 18.3 Å². The van der Waals surface area contributed by atoms with Gasteiger partial charge in [0.15, 0.2) is 0 Å². The predicted molar refractivity (Wildman–Crippen MR) is 177 cm³/mol. The minimum atomic E-state index is -0.654. The maximum absolute atomic E-state index is 11.7. The normalized spacial score (nSPS) is 27.8. The second-order valence-electron chi connectivity index (χ2n) is 14.2. The molecule has 45 heavy (non-hydrogen) atoms. The van der Waals surface area contributed by atoms with Gasteiger partial charge in [-0.15, -0.1) is 0 Å². The smallest absolute Gasteiger partial charge is 0.334 e. The Morgan fingerprint density at radius 2 is 1.22 bits per heavy atom. The molecule has 0 aromatic carbocycles. The van der Waals surface area contributed by atoms with E-state index in [0.717, 1.165) is 82.6 Å². The van der Waals surface area contributed by atoms with Gasteiger partial charge in [-0.1, -0.05) is 71.1 Å². The van der Waals surface area contributed by atoms with E-state index >= 15 is 0 Å². The summed E-state index contributed by atoms with van der Waals surface area (Å²) in [4.78, 5) is 11.7. The van der Waals surface area contributed by atoms with Crippen molar-refractivity contribution in [1.29, 1.82) is 0 Å². The number of cyclic esters (lactones) is 1. The van der Waals surface area contributed by atoms with Crippen LogP contribution in [-0.2, 0) is 19.0 Å². The molecule has 0 bridgehead atoms. The Labute approximate surface area is 273 Å². The predicted octanol–water partition coefficient (Wildman–Crippen LogP) is 6.83. The van der Waals surface area contributed by atoms with Gasteiger partial charge in [0.1, 0.15) is 6.10 Å². The van der Waals surface area contributed by atoms with Gasteiger partial charge in [0.05, 0.1) is 48.8 Å². The first-order valence-corrected chi connectivity index (χ1v) is 18.7. The van der Waals surface area contributed by atoms with E-state index in [1.165, 1.54) is 44.9 Å². The Bertz CT molecular complexity index is 833. The van der Waals surface area contributed by atoms with Crippen LogP contribution in [0.15, 0.2) is 11.6 Å². The van der Waals surface area contributed by atoms with Gasteiger partial charge in [0.25, 0.3) is 0 Å². The Morgan fingerprint density at radius 3 is 1.87 bits per heavy atom. The Kier molecular flexibility index (Phi) is 18.6. The van der Waals surface area contributed by atoms with Crippen LogP contribution in [0.2, 0.25) is 0 Å². The number of hydrogen-bond acceptors (Lipinski definition) is 8. The summed E-state index contributed by atoms with van der Waals surface area (Å²) in [7, 11) is 0. The van der Waals surface area contributed by atoms with Gasteiger partial charge in [0.2, 0.25) is 0 Å². The second kappa shape index (κ2) is 21.8. The van der Waals surface area contributed by atoms with Crippen LogP contribution in [-0.4, -0.2) is 81.3 Å². The third-order valence-electron chi connectivity index (χ3n) is 10.2. The first kappa shape index (κ1) is 38.4. The number of esters is 1. The van der Waals surface area contributed by atoms with Gasteiger partial charge in [-0.3, -0.25) is 0 Å². The van der Waals surface area contributed by atoms with Gasteiger partial charge in [-0.05, 0) is 96.5 Å². The SMILES string of the molecule is CCCCCC[C@@H](O)CCC[C@@H](O)[C@@H]1CC[C@@H]([C@H](O)CC[C@@H](O)[C@@H]2CC[C@@H](CCCCCCCCCC3=C[C@@H](C)OC3=O)O2)O1. The van der Waals surface area contributed by atoms with Gasteiger partial charge in [-0.25, -0.2) is 4.79 Å². The topological polar surface area (TPSA) is 126 Å². The zero-order valence-electron chi connectivity index (χ0n) is 28.5. The van der Waals surface area contributed by atoms with Crippen molar-refractivity contribution >= 4 is 5.97 Å². The van der Waals surface area contributed by atoms with E-state index in [1.807, 2.05) is 13.0 Å². The number of carbonyl (C=O) groups excluding carboxylic acids is 1. The third kappa shape index (κ3) is 14.7. The minimum absolute atomic E-state index is 0.0675. The Balaban J connectivity index is 1.16. The average molecular weight is 639 g/mol. The lowest BCUT2D eigenvalue weighted by Crippen LogP contribution is -2.33. The highest BCUT2D eigenvalue weighted by molar-refractivity contribution is 5.90. The molecule has 0 aromatic rings. The van der Waals surface area contributed by atoms with E-state index in [2.05, 4.69) is 6.92 Å². The molecular formula is C37H66O8. The molecule has 2 saturated heterocycles. The van der Waals surface area contributed by atoms with E-state index in [9.17, 15) is 25.2 Å². The highest BCUT2D eigenvalue weighted by Crippen LogP contribution is 2.31. The van der Waals surface area contributed by atoms with Crippen LogP contribution in [0.1, 0.15) is 162 Å². The molecule has 0 aromatic heterocycles. The monoisotopic (exact) mass is 638 g/mol. The first-order chi connectivity index (χ1) is 21.8. The fourth-order valence-corrected chi connectivity index (χ4v) is 7.28. The quantitative estimate of drug-likeness (QED) is 0.0634. The zero-order chi connectivity index (χ0) is 32.4. The van der Waals surface area contributed by atoms with Crippen LogP contribution >= 0.6 is 0 Å². The summed E-state index contributed by atoms with van der Waals surface area (Å²) < 4.78 is 17.4. The molecule has 3 rings (SSSR count). The molecule has 0 aliphatic carbocycles. The summed E-state index contributed by atoms with van der Waals surface area (Å²) >= 11 is 0. The van der Waals surface area contributed by atoms with E-state index in [4.69, 9.17) is 14.2 Å². The summed E-state index contributed by atoms with van der Waals surface area (Å²) in [5.74, 6) is -0.138. The van der Waals surface area contributed by atoms with E-state index in [1.54, 1.807) is 0 Å². The van der Waals surface area contributed by atoms with Gasteiger partial charge in [0, 0.05) is 5.57 Å². The summed E-state index contributed by atoms with van der Waals surface area (Å²) in [6, 6.07) is 0. The molecule has 0 saturated carbocycles. The van der Waals surface area contributed by atoms with Crippen molar-refractivity contribution < 1.29 is 39.4 Å². The highest BCUT2D eigenvalue weighted by atomic mass is 16.5. The molecule has 0 amide bonds. The molecule has 8 nitrogen and oxygen atoms in total. The van der Waals surface area contributed by atoms with E-state index in [-0.39, 0.29) is 42.6 Å². The second-order valence-corrected chi connectivity index (χ2v) is 14.2. The molecule has 262 valence electrons. The molecular weight excluding hydrogens is 572 g/mol. The fourth-order valence-electron chi connectivity index (χ4n) is 7.28.